The van der Waals surface area contributed by atoms with Crippen molar-refractivity contribution in [3.05, 3.63) is 33.5 Å². The first-order valence-electron chi connectivity index (χ1n) is 4.60. The Hall–Kier alpha value is -0.580. The molecule has 90 valence electrons. The molecule has 0 fully saturated rings. The van der Waals surface area contributed by atoms with Gasteiger partial charge in [-0.2, -0.15) is 13.2 Å². The van der Waals surface area contributed by atoms with Crippen molar-refractivity contribution in [3.63, 3.8) is 0 Å². The highest BCUT2D eigenvalue weighted by molar-refractivity contribution is 9.10. The molecule has 0 aliphatic rings. The largest absolute Gasteiger partial charge is 0.398 e. The summed E-state index contributed by atoms with van der Waals surface area (Å²) in [5.74, 6) is -0.847. The van der Waals surface area contributed by atoms with Gasteiger partial charge in [-0.1, -0.05) is 22.0 Å². The minimum atomic E-state index is -4.48. The van der Waals surface area contributed by atoms with Gasteiger partial charge in [-0.15, -0.1) is 0 Å². The lowest BCUT2D eigenvalue weighted by molar-refractivity contribution is -0.180. The van der Waals surface area contributed by atoms with E-state index < -0.39 is 17.4 Å². The molecule has 0 atom stereocenters. The average molecular weight is 299 g/mol. The molecule has 5 heteroatoms. The zero-order chi connectivity index (χ0) is 12.7. The van der Waals surface area contributed by atoms with Crippen molar-refractivity contribution in [2.75, 3.05) is 0 Å². The lowest BCUT2D eigenvalue weighted by Crippen LogP contribution is -2.37. The van der Waals surface area contributed by atoms with E-state index in [1.54, 1.807) is 6.92 Å². The molecular weight excluding hydrogens is 288 g/mol. The van der Waals surface area contributed by atoms with E-state index in [2.05, 4.69) is 15.9 Å². The van der Waals surface area contributed by atoms with Gasteiger partial charge in [-0.05, 0) is 32.4 Å². The van der Waals surface area contributed by atoms with Crippen LogP contribution in [-0.2, 0) is 5.41 Å². The molecule has 0 heterocycles. The third-order valence-electron chi connectivity index (χ3n) is 2.63. The van der Waals surface area contributed by atoms with Crippen LogP contribution >= 0.6 is 15.9 Å². The fourth-order valence-corrected chi connectivity index (χ4v) is 1.60. The summed E-state index contributed by atoms with van der Waals surface area (Å²) in [7, 11) is 0. The molecule has 0 aromatic heterocycles. The van der Waals surface area contributed by atoms with Crippen molar-refractivity contribution in [1.82, 2.24) is 0 Å². The number of halogens is 5. The Labute approximate surface area is 99.8 Å². The first kappa shape index (κ1) is 13.5. The van der Waals surface area contributed by atoms with Crippen LogP contribution in [0.2, 0.25) is 0 Å². The first-order chi connectivity index (χ1) is 7.07. The molecule has 1 aromatic carbocycles. The zero-order valence-electron chi connectivity index (χ0n) is 9.04. The van der Waals surface area contributed by atoms with Gasteiger partial charge in [0.05, 0.1) is 5.41 Å². The summed E-state index contributed by atoms with van der Waals surface area (Å²) in [4.78, 5) is 0. The maximum atomic E-state index is 13.5. The van der Waals surface area contributed by atoms with Crippen LogP contribution in [0, 0.1) is 12.7 Å². The highest BCUT2D eigenvalue weighted by Gasteiger charge is 2.49. The van der Waals surface area contributed by atoms with Crippen molar-refractivity contribution in [1.29, 1.82) is 0 Å². The van der Waals surface area contributed by atoms with E-state index in [0.29, 0.717) is 10.0 Å². The van der Waals surface area contributed by atoms with Gasteiger partial charge in [0.25, 0.3) is 0 Å². The monoisotopic (exact) mass is 298 g/mol. The fraction of sp³-hybridized carbons (Fsp3) is 0.455. The quantitative estimate of drug-likeness (QED) is 0.657. The number of hydrogen-bond acceptors (Lipinski definition) is 0. The standard InChI is InChI=1S/C11H11BrF4/c1-6-4-7(9(13)5-8(6)12)10(2,3)11(14,15)16/h4-5H,1-3H3. The average Bonchev–Trinajstić information content (AvgIpc) is 2.09. The summed E-state index contributed by atoms with van der Waals surface area (Å²) in [5, 5.41) is 0. The molecule has 0 saturated heterocycles. The predicted molar refractivity (Wildman–Crippen MR) is 57.9 cm³/mol. The Kier molecular flexibility index (Phi) is 3.39. The summed E-state index contributed by atoms with van der Waals surface area (Å²) in [6.45, 7) is 3.57. The molecule has 16 heavy (non-hydrogen) atoms. The van der Waals surface area contributed by atoms with Gasteiger partial charge >= 0.3 is 6.18 Å². The van der Waals surface area contributed by atoms with Crippen molar-refractivity contribution < 1.29 is 17.6 Å². The van der Waals surface area contributed by atoms with Crippen LogP contribution in [0.15, 0.2) is 16.6 Å². The molecule has 0 saturated carbocycles. The minimum absolute atomic E-state index is 0.333. The Morgan fingerprint density at radius 1 is 1.12 bits per heavy atom. The summed E-state index contributed by atoms with van der Waals surface area (Å²) < 4.78 is 52.2. The van der Waals surface area contributed by atoms with Crippen molar-refractivity contribution >= 4 is 15.9 Å². The molecule has 1 rings (SSSR count). The molecular formula is C11H11BrF4. The topological polar surface area (TPSA) is 0 Å². The predicted octanol–water partition coefficient (Wildman–Crippen LogP) is 4.74. The molecule has 0 bridgehead atoms. The van der Waals surface area contributed by atoms with Gasteiger partial charge < -0.3 is 0 Å². The van der Waals surface area contributed by atoms with Gasteiger partial charge in [-0.3, -0.25) is 0 Å². The van der Waals surface area contributed by atoms with Crippen molar-refractivity contribution in [3.8, 4) is 0 Å². The first-order valence-corrected chi connectivity index (χ1v) is 5.39. The highest BCUT2D eigenvalue weighted by atomic mass is 79.9. The summed E-state index contributed by atoms with van der Waals surface area (Å²) in [5.41, 5.74) is -1.95. The molecule has 0 spiro atoms. The number of benzene rings is 1. The van der Waals surface area contributed by atoms with Crippen LogP contribution in [0.4, 0.5) is 17.6 Å². The second kappa shape index (κ2) is 4.02. The second-order valence-corrected chi connectivity index (χ2v) is 5.06. The molecule has 0 aliphatic carbocycles. The number of hydrogen-bond donors (Lipinski definition) is 0. The number of aryl methyl sites for hydroxylation is 1. The normalized spacial score (nSPS) is 13.0. The molecule has 0 nitrogen and oxygen atoms in total. The maximum absolute atomic E-state index is 13.5. The summed E-state index contributed by atoms with van der Waals surface area (Å²) in [6.07, 6.45) is -4.48. The smallest absolute Gasteiger partial charge is 0.207 e. The molecule has 0 radical (unpaired) electrons. The lowest BCUT2D eigenvalue weighted by Gasteiger charge is -2.29. The molecule has 0 N–H and O–H groups in total. The minimum Gasteiger partial charge on any atom is -0.207 e. The van der Waals surface area contributed by atoms with E-state index in [9.17, 15) is 17.6 Å². The SMILES string of the molecule is Cc1cc(C(C)(C)C(F)(F)F)c(F)cc1Br. The molecule has 0 aliphatic heterocycles. The van der Waals surface area contributed by atoms with Crippen LogP contribution in [0.25, 0.3) is 0 Å². The molecule has 1 aromatic rings. The van der Waals surface area contributed by atoms with E-state index in [1.165, 1.54) is 6.07 Å². The fourth-order valence-electron chi connectivity index (χ4n) is 1.29. The molecule has 0 amide bonds. The van der Waals surface area contributed by atoms with Crippen molar-refractivity contribution in [2.24, 2.45) is 0 Å². The third kappa shape index (κ3) is 2.24. The Balaban J connectivity index is 3.39. The van der Waals surface area contributed by atoms with Crippen LogP contribution < -0.4 is 0 Å². The summed E-state index contributed by atoms with van der Waals surface area (Å²) in [6, 6.07) is 2.30. The van der Waals surface area contributed by atoms with Gasteiger partial charge in [0, 0.05) is 10.0 Å². The Morgan fingerprint density at radius 3 is 2.06 bits per heavy atom. The summed E-state index contributed by atoms with van der Waals surface area (Å²) >= 11 is 3.08. The van der Waals surface area contributed by atoms with E-state index in [4.69, 9.17) is 0 Å². The van der Waals surface area contributed by atoms with Crippen LogP contribution in [-0.4, -0.2) is 6.18 Å². The zero-order valence-corrected chi connectivity index (χ0v) is 10.6. The second-order valence-electron chi connectivity index (χ2n) is 4.20. The van der Waals surface area contributed by atoms with Crippen LogP contribution in [0.3, 0.4) is 0 Å². The van der Waals surface area contributed by atoms with Crippen LogP contribution in [0.1, 0.15) is 25.0 Å². The Bertz CT molecular complexity index is 407. The van der Waals surface area contributed by atoms with Crippen LogP contribution in [0.5, 0.6) is 0 Å². The molecule has 0 unspecified atom stereocenters. The van der Waals surface area contributed by atoms with Crippen molar-refractivity contribution in [2.45, 2.75) is 32.4 Å². The van der Waals surface area contributed by atoms with E-state index in [0.717, 1.165) is 19.9 Å². The lowest BCUT2D eigenvalue weighted by atomic mass is 9.83. The third-order valence-corrected chi connectivity index (χ3v) is 3.48. The van der Waals surface area contributed by atoms with E-state index in [-0.39, 0.29) is 5.56 Å². The maximum Gasteiger partial charge on any atom is 0.398 e. The van der Waals surface area contributed by atoms with Gasteiger partial charge in [-0.25, -0.2) is 4.39 Å². The number of rotatable bonds is 1. The van der Waals surface area contributed by atoms with E-state index >= 15 is 0 Å². The van der Waals surface area contributed by atoms with E-state index in [1.807, 2.05) is 0 Å². The van der Waals surface area contributed by atoms with Gasteiger partial charge in [0.1, 0.15) is 5.82 Å². The Morgan fingerprint density at radius 2 is 1.62 bits per heavy atom. The van der Waals surface area contributed by atoms with Gasteiger partial charge in [0.2, 0.25) is 0 Å². The number of alkyl halides is 3. The van der Waals surface area contributed by atoms with Gasteiger partial charge in [0.15, 0.2) is 0 Å². The highest BCUT2D eigenvalue weighted by Crippen LogP contribution is 2.42.